The van der Waals surface area contributed by atoms with Crippen molar-refractivity contribution in [2.45, 2.75) is 51.0 Å². The molecule has 0 bridgehead atoms. The first kappa shape index (κ1) is 13.9. The summed E-state index contributed by atoms with van der Waals surface area (Å²) in [6, 6.07) is -0.926. The zero-order valence-electron chi connectivity index (χ0n) is 9.71. The number of halogens is 2. The summed E-state index contributed by atoms with van der Waals surface area (Å²) in [5, 5.41) is 11.1. The fourth-order valence-electron chi connectivity index (χ4n) is 1.93. The van der Waals surface area contributed by atoms with Crippen molar-refractivity contribution >= 4 is 11.9 Å². The molecule has 0 aromatic carbocycles. The zero-order chi connectivity index (χ0) is 13.1. The number of carbonyl (C=O) groups excluding carboxylic acids is 1. The summed E-state index contributed by atoms with van der Waals surface area (Å²) in [5.74, 6) is -4.67. The average molecular weight is 249 g/mol. The van der Waals surface area contributed by atoms with E-state index >= 15 is 0 Å². The summed E-state index contributed by atoms with van der Waals surface area (Å²) in [5.41, 5.74) is 0. The third kappa shape index (κ3) is 3.94. The van der Waals surface area contributed by atoms with Crippen LogP contribution in [0.2, 0.25) is 0 Å². The predicted octanol–water partition coefficient (Wildman–Crippen LogP) is 1.79. The van der Waals surface area contributed by atoms with E-state index in [2.05, 4.69) is 5.32 Å². The summed E-state index contributed by atoms with van der Waals surface area (Å²) in [6.45, 7) is 1.65. The normalized spacial score (nSPS) is 21.8. The second-order valence-corrected chi connectivity index (χ2v) is 4.44. The van der Waals surface area contributed by atoms with Crippen molar-refractivity contribution in [1.82, 2.24) is 5.32 Å². The molecule has 4 nitrogen and oxygen atoms in total. The first-order chi connectivity index (χ1) is 7.85. The monoisotopic (exact) mass is 249 g/mol. The minimum Gasteiger partial charge on any atom is -0.480 e. The number of hydrogen-bond acceptors (Lipinski definition) is 2. The Morgan fingerprint density at radius 1 is 1.41 bits per heavy atom. The van der Waals surface area contributed by atoms with Crippen LogP contribution in [-0.4, -0.2) is 28.9 Å². The molecule has 1 rings (SSSR count). The Balaban J connectivity index is 2.46. The highest BCUT2D eigenvalue weighted by atomic mass is 19.3. The van der Waals surface area contributed by atoms with E-state index in [9.17, 15) is 18.4 Å². The van der Waals surface area contributed by atoms with E-state index < -0.39 is 29.8 Å². The highest BCUT2D eigenvalue weighted by Crippen LogP contribution is 2.36. The van der Waals surface area contributed by atoms with Gasteiger partial charge in [0.25, 0.3) is 0 Å². The van der Waals surface area contributed by atoms with Crippen LogP contribution >= 0.6 is 0 Å². The van der Waals surface area contributed by atoms with Gasteiger partial charge >= 0.3 is 5.97 Å². The average Bonchev–Trinajstić information content (AvgIpc) is 2.25. The minimum atomic E-state index is -2.67. The van der Waals surface area contributed by atoms with Crippen molar-refractivity contribution in [3.8, 4) is 0 Å². The lowest BCUT2D eigenvalue weighted by Gasteiger charge is -2.28. The van der Waals surface area contributed by atoms with Gasteiger partial charge in [-0.05, 0) is 19.3 Å². The molecule has 0 aromatic rings. The van der Waals surface area contributed by atoms with E-state index in [1.165, 1.54) is 0 Å². The molecule has 2 N–H and O–H groups in total. The van der Waals surface area contributed by atoms with Crippen LogP contribution < -0.4 is 5.32 Å². The molecule has 6 heteroatoms. The van der Waals surface area contributed by atoms with Gasteiger partial charge in [-0.2, -0.15) is 0 Å². The fraction of sp³-hybridized carbons (Fsp3) is 0.818. The Kier molecular flexibility index (Phi) is 4.42. The Morgan fingerprint density at radius 3 is 2.35 bits per heavy atom. The van der Waals surface area contributed by atoms with Crippen molar-refractivity contribution in [3.63, 3.8) is 0 Å². The largest absolute Gasteiger partial charge is 0.480 e. The molecule has 1 saturated carbocycles. The van der Waals surface area contributed by atoms with E-state index in [0.717, 1.165) is 0 Å². The molecule has 0 spiro atoms. The van der Waals surface area contributed by atoms with Crippen LogP contribution in [0.1, 0.15) is 39.0 Å². The summed E-state index contributed by atoms with van der Waals surface area (Å²) < 4.78 is 25.7. The van der Waals surface area contributed by atoms with Gasteiger partial charge in [0.1, 0.15) is 6.04 Å². The Morgan fingerprint density at radius 2 is 1.94 bits per heavy atom. The number of nitrogens with one attached hydrogen (secondary N) is 1. The van der Waals surface area contributed by atoms with Gasteiger partial charge in [-0.25, -0.2) is 13.6 Å². The molecular weight excluding hydrogens is 232 g/mol. The van der Waals surface area contributed by atoms with Crippen LogP contribution in [0.5, 0.6) is 0 Å². The van der Waals surface area contributed by atoms with Crippen molar-refractivity contribution in [2.75, 3.05) is 0 Å². The topological polar surface area (TPSA) is 66.4 Å². The standard InChI is InChI=1S/C11H17F2NO3/c1-2-8(10(16)17)14-9(15)7-3-5-11(12,13)6-4-7/h7-8H,2-6H2,1H3,(H,14,15)(H,16,17). The molecule has 0 aliphatic heterocycles. The molecular formula is C11H17F2NO3. The highest BCUT2D eigenvalue weighted by molar-refractivity contribution is 5.84. The van der Waals surface area contributed by atoms with Gasteiger partial charge in [-0.1, -0.05) is 6.92 Å². The third-order valence-corrected chi connectivity index (χ3v) is 3.11. The van der Waals surface area contributed by atoms with Crippen LogP contribution in [0, 0.1) is 5.92 Å². The zero-order valence-corrected chi connectivity index (χ0v) is 9.71. The third-order valence-electron chi connectivity index (χ3n) is 3.11. The summed E-state index contributed by atoms with van der Waals surface area (Å²) in [4.78, 5) is 22.4. The lowest BCUT2D eigenvalue weighted by Crippen LogP contribution is -2.44. The van der Waals surface area contributed by atoms with E-state index in [0.29, 0.717) is 0 Å². The van der Waals surface area contributed by atoms with E-state index in [1.807, 2.05) is 0 Å². The van der Waals surface area contributed by atoms with Crippen LogP contribution in [0.15, 0.2) is 0 Å². The first-order valence-corrected chi connectivity index (χ1v) is 5.76. The fourth-order valence-corrected chi connectivity index (χ4v) is 1.93. The Hall–Kier alpha value is -1.20. The maximum atomic E-state index is 12.9. The van der Waals surface area contributed by atoms with Crippen LogP contribution in [0.4, 0.5) is 8.78 Å². The maximum absolute atomic E-state index is 12.9. The number of carboxylic acids is 1. The molecule has 1 unspecified atom stereocenters. The molecule has 0 saturated heterocycles. The lowest BCUT2D eigenvalue weighted by atomic mass is 9.86. The number of hydrogen-bond donors (Lipinski definition) is 2. The van der Waals surface area contributed by atoms with Crippen LogP contribution in [-0.2, 0) is 9.59 Å². The Bertz CT molecular complexity index is 297. The van der Waals surface area contributed by atoms with Crippen molar-refractivity contribution < 1.29 is 23.5 Å². The molecule has 0 heterocycles. The maximum Gasteiger partial charge on any atom is 0.326 e. The number of rotatable bonds is 4. The molecule has 0 radical (unpaired) electrons. The van der Waals surface area contributed by atoms with Crippen molar-refractivity contribution in [2.24, 2.45) is 5.92 Å². The number of amides is 1. The molecule has 1 aliphatic carbocycles. The second-order valence-electron chi connectivity index (χ2n) is 4.44. The van der Waals surface area contributed by atoms with Gasteiger partial charge in [-0.15, -0.1) is 0 Å². The molecule has 1 atom stereocenters. The molecule has 0 aromatic heterocycles. The number of aliphatic carboxylic acids is 1. The Labute approximate surface area is 98.4 Å². The highest BCUT2D eigenvalue weighted by Gasteiger charge is 2.37. The smallest absolute Gasteiger partial charge is 0.326 e. The van der Waals surface area contributed by atoms with E-state index in [4.69, 9.17) is 5.11 Å². The molecule has 1 fully saturated rings. The SMILES string of the molecule is CCC(NC(=O)C1CCC(F)(F)CC1)C(=O)O. The van der Waals surface area contributed by atoms with Gasteiger partial charge < -0.3 is 10.4 Å². The van der Waals surface area contributed by atoms with E-state index in [1.54, 1.807) is 6.92 Å². The number of carbonyl (C=O) groups is 2. The summed E-state index contributed by atoms with van der Waals surface area (Å²) in [7, 11) is 0. The summed E-state index contributed by atoms with van der Waals surface area (Å²) >= 11 is 0. The molecule has 1 amide bonds. The molecule has 98 valence electrons. The van der Waals surface area contributed by atoms with Gasteiger partial charge in [0.15, 0.2) is 0 Å². The van der Waals surface area contributed by atoms with Gasteiger partial charge in [0.05, 0.1) is 0 Å². The molecule has 1 aliphatic rings. The van der Waals surface area contributed by atoms with Gasteiger partial charge in [0.2, 0.25) is 11.8 Å². The van der Waals surface area contributed by atoms with Gasteiger partial charge in [-0.3, -0.25) is 4.79 Å². The predicted molar refractivity (Wildman–Crippen MR) is 56.8 cm³/mol. The van der Waals surface area contributed by atoms with Gasteiger partial charge in [0, 0.05) is 18.8 Å². The number of carboxylic acid groups (broad SMARTS) is 1. The van der Waals surface area contributed by atoms with Crippen LogP contribution in [0.3, 0.4) is 0 Å². The first-order valence-electron chi connectivity index (χ1n) is 5.76. The minimum absolute atomic E-state index is 0.120. The van der Waals surface area contributed by atoms with Crippen molar-refractivity contribution in [3.05, 3.63) is 0 Å². The van der Waals surface area contributed by atoms with Crippen molar-refractivity contribution in [1.29, 1.82) is 0 Å². The second kappa shape index (κ2) is 5.42. The molecule has 17 heavy (non-hydrogen) atoms. The summed E-state index contributed by atoms with van der Waals surface area (Å²) in [6.07, 6.45) is -0.0718. The van der Waals surface area contributed by atoms with Crippen LogP contribution in [0.25, 0.3) is 0 Å². The van der Waals surface area contributed by atoms with E-state index in [-0.39, 0.29) is 32.1 Å². The quantitative estimate of drug-likeness (QED) is 0.798. The number of alkyl halides is 2. The lowest BCUT2D eigenvalue weighted by molar-refractivity contribution is -0.143.